The summed E-state index contributed by atoms with van der Waals surface area (Å²) in [5.74, 6) is -0.431. The van der Waals surface area contributed by atoms with Crippen LogP contribution in [-0.2, 0) is 4.79 Å². The van der Waals surface area contributed by atoms with E-state index in [-0.39, 0.29) is 12.5 Å². The van der Waals surface area contributed by atoms with Crippen molar-refractivity contribution in [2.75, 3.05) is 6.54 Å². The predicted molar refractivity (Wildman–Crippen MR) is 83.3 cm³/mol. The van der Waals surface area contributed by atoms with Crippen LogP contribution in [0.5, 0.6) is 0 Å². The molecule has 1 saturated carbocycles. The fraction of sp³-hybridized carbons (Fsp3) is 0.875. The number of aliphatic carboxylic acids is 1. The van der Waals surface area contributed by atoms with Crippen LogP contribution in [0.15, 0.2) is 0 Å². The van der Waals surface area contributed by atoms with Crippen molar-refractivity contribution in [3.63, 3.8) is 0 Å². The predicted octanol–water partition coefficient (Wildman–Crippen LogP) is 3.29. The number of urea groups is 1. The van der Waals surface area contributed by atoms with Gasteiger partial charge < -0.3 is 15.7 Å². The summed E-state index contributed by atoms with van der Waals surface area (Å²) < 4.78 is 0. The highest BCUT2D eigenvalue weighted by Gasteiger charge is 2.13. The van der Waals surface area contributed by atoms with E-state index in [1.54, 1.807) is 0 Å². The van der Waals surface area contributed by atoms with Gasteiger partial charge in [-0.3, -0.25) is 4.79 Å². The van der Waals surface area contributed by atoms with Crippen LogP contribution in [0.1, 0.15) is 71.1 Å². The van der Waals surface area contributed by atoms with Crippen molar-refractivity contribution in [3.05, 3.63) is 0 Å². The first kappa shape index (κ1) is 17.8. The Morgan fingerprint density at radius 1 is 1.10 bits per heavy atom. The summed E-state index contributed by atoms with van der Waals surface area (Å²) in [6.07, 6.45) is 10.2. The summed E-state index contributed by atoms with van der Waals surface area (Å²) in [6.45, 7) is 2.64. The fourth-order valence-corrected chi connectivity index (χ4v) is 2.78. The minimum atomic E-state index is -0.753. The lowest BCUT2D eigenvalue weighted by Crippen LogP contribution is -2.42. The molecule has 5 nitrogen and oxygen atoms in total. The molecule has 3 N–H and O–H groups in total. The smallest absolute Gasteiger partial charge is 0.315 e. The van der Waals surface area contributed by atoms with E-state index >= 15 is 0 Å². The van der Waals surface area contributed by atoms with Gasteiger partial charge in [0.25, 0.3) is 0 Å². The molecule has 0 radical (unpaired) electrons. The molecule has 1 rings (SSSR count). The van der Waals surface area contributed by atoms with Crippen LogP contribution in [-0.4, -0.2) is 29.7 Å². The van der Waals surface area contributed by atoms with E-state index in [1.165, 1.54) is 32.1 Å². The Morgan fingerprint density at radius 3 is 2.33 bits per heavy atom. The number of hydrogen-bond donors (Lipinski definition) is 3. The number of nitrogens with one attached hydrogen (secondary N) is 2. The van der Waals surface area contributed by atoms with E-state index in [0.717, 1.165) is 19.3 Å². The third kappa shape index (κ3) is 9.32. The first-order chi connectivity index (χ1) is 10.1. The van der Waals surface area contributed by atoms with Crippen molar-refractivity contribution in [2.45, 2.75) is 77.2 Å². The Balaban J connectivity index is 2.10. The van der Waals surface area contributed by atoms with Gasteiger partial charge in [-0.2, -0.15) is 0 Å². The molecule has 0 heterocycles. The summed E-state index contributed by atoms with van der Waals surface area (Å²) in [6, 6.07) is 0.237. The molecule has 0 saturated heterocycles. The van der Waals surface area contributed by atoms with Crippen molar-refractivity contribution in [1.29, 1.82) is 0 Å². The minimum absolute atomic E-state index is 0.0778. The first-order valence-electron chi connectivity index (χ1n) is 8.34. The largest absolute Gasteiger partial charge is 0.481 e. The molecule has 0 aliphatic heterocycles. The average molecular weight is 298 g/mol. The summed E-state index contributed by atoms with van der Waals surface area (Å²) in [5, 5.41) is 14.6. The highest BCUT2D eigenvalue weighted by Crippen LogP contribution is 2.17. The molecule has 1 unspecified atom stereocenters. The maximum absolute atomic E-state index is 11.8. The molecule has 0 spiro atoms. The zero-order valence-electron chi connectivity index (χ0n) is 13.2. The Bertz CT molecular complexity index is 313. The van der Waals surface area contributed by atoms with Crippen LogP contribution in [0.25, 0.3) is 0 Å². The Labute approximate surface area is 127 Å². The Hall–Kier alpha value is -1.26. The third-order valence-electron chi connectivity index (χ3n) is 4.21. The Kier molecular flexibility index (Phi) is 8.87. The lowest BCUT2D eigenvalue weighted by Gasteiger charge is -2.21. The van der Waals surface area contributed by atoms with Crippen LogP contribution >= 0.6 is 0 Å². The topological polar surface area (TPSA) is 78.4 Å². The van der Waals surface area contributed by atoms with Crippen LogP contribution in [0.2, 0.25) is 0 Å². The van der Waals surface area contributed by atoms with Gasteiger partial charge in [0.15, 0.2) is 0 Å². The number of carbonyl (C=O) groups is 2. The highest BCUT2D eigenvalue weighted by atomic mass is 16.4. The number of rotatable bonds is 7. The lowest BCUT2D eigenvalue weighted by molar-refractivity contribution is -0.137. The van der Waals surface area contributed by atoms with Gasteiger partial charge in [0, 0.05) is 19.0 Å². The summed E-state index contributed by atoms with van der Waals surface area (Å²) in [7, 11) is 0. The second-order valence-corrected chi connectivity index (χ2v) is 6.27. The van der Waals surface area contributed by atoms with Gasteiger partial charge in [-0.15, -0.1) is 0 Å². The number of carbonyl (C=O) groups excluding carboxylic acids is 1. The van der Waals surface area contributed by atoms with Crippen molar-refractivity contribution in [1.82, 2.24) is 10.6 Å². The van der Waals surface area contributed by atoms with Gasteiger partial charge in [0.05, 0.1) is 0 Å². The van der Waals surface area contributed by atoms with Crippen molar-refractivity contribution in [2.24, 2.45) is 5.92 Å². The van der Waals surface area contributed by atoms with Gasteiger partial charge in [-0.1, -0.05) is 39.0 Å². The van der Waals surface area contributed by atoms with Gasteiger partial charge in [-0.25, -0.2) is 4.79 Å². The molecule has 0 aromatic heterocycles. The van der Waals surface area contributed by atoms with Gasteiger partial charge in [0.2, 0.25) is 0 Å². The van der Waals surface area contributed by atoms with Gasteiger partial charge in [0.1, 0.15) is 0 Å². The van der Waals surface area contributed by atoms with E-state index in [4.69, 9.17) is 5.11 Å². The number of amides is 2. The van der Waals surface area contributed by atoms with E-state index in [1.807, 2.05) is 6.92 Å². The molecule has 2 amide bonds. The zero-order valence-corrected chi connectivity index (χ0v) is 13.2. The minimum Gasteiger partial charge on any atom is -0.481 e. The first-order valence-corrected chi connectivity index (χ1v) is 8.34. The molecule has 0 aromatic carbocycles. The fourth-order valence-electron chi connectivity index (χ4n) is 2.78. The summed E-state index contributed by atoms with van der Waals surface area (Å²) in [4.78, 5) is 22.3. The van der Waals surface area contributed by atoms with Crippen molar-refractivity contribution < 1.29 is 14.7 Å². The van der Waals surface area contributed by atoms with E-state index in [9.17, 15) is 9.59 Å². The SMILES string of the molecule is CC(CCNC(=O)NC1CCCCCCC1)CCC(=O)O. The second kappa shape index (κ2) is 10.5. The Morgan fingerprint density at radius 2 is 1.71 bits per heavy atom. The number of carboxylic acid groups (broad SMARTS) is 1. The normalized spacial score (nSPS) is 18.3. The van der Waals surface area contributed by atoms with Crippen LogP contribution < -0.4 is 10.6 Å². The van der Waals surface area contributed by atoms with Gasteiger partial charge >= 0.3 is 12.0 Å². The molecule has 5 heteroatoms. The lowest BCUT2D eigenvalue weighted by atomic mass is 9.97. The standard InChI is InChI=1S/C16H30N2O3/c1-13(9-10-15(19)20)11-12-17-16(21)18-14-7-5-3-2-4-6-8-14/h13-14H,2-12H2,1H3,(H,19,20)(H2,17,18,21). The molecular formula is C16H30N2O3. The van der Waals surface area contributed by atoms with Crippen LogP contribution in [0, 0.1) is 5.92 Å². The van der Waals surface area contributed by atoms with Gasteiger partial charge in [-0.05, 0) is 31.6 Å². The summed E-state index contributed by atoms with van der Waals surface area (Å²) in [5.41, 5.74) is 0. The third-order valence-corrected chi connectivity index (χ3v) is 4.21. The maximum atomic E-state index is 11.8. The summed E-state index contributed by atoms with van der Waals surface area (Å²) >= 11 is 0. The van der Waals surface area contributed by atoms with Crippen molar-refractivity contribution in [3.8, 4) is 0 Å². The van der Waals surface area contributed by atoms with E-state index < -0.39 is 5.97 Å². The molecule has 0 bridgehead atoms. The molecule has 122 valence electrons. The monoisotopic (exact) mass is 298 g/mol. The molecule has 1 aliphatic carbocycles. The maximum Gasteiger partial charge on any atom is 0.315 e. The van der Waals surface area contributed by atoms with E-state index in [0.29, 0.717) is 24.9 Å². The highest BCUT2D eigenvalue weighted by molar-refractivity contribution is 5.74. The van der Waals surface area contributed by atoms with E-state index in [2.05, 4.69) is 10.6 Å². The second-order valence-electron chi connectivity index (χ2n) is 6.27. The molecular weight excluding hydrogens is 268 g/mol. The van der Waals surface area contributed by atoms with Crippen LogP contribution in [0.3, 0.4) is 0 Å². The molecule has 1 aliphatic rings. The number of carboxylic acids is 1. The zero-order chi connectivity index (χ0) is 15.5. The van der Waals surface area contributed by atoms with Crippen LogP contribution in [0.4, 0.5) is 4.79 Å². The number of hydrogen-bond acceptors (Lipinski definition) is 2. The quantitative estimate of drug-likeness (QED) is 0.675. The molecule has 1 fully saturated rings. The average Bonchev–Trinajstić information content (AvgIpc) is 2.39. The molecule has 21 heavy (non-hydrogen) atoms. The van der Waals surface area contributed by atoms with Crippen molar-refractivity contribution >= 4 is 12.0 Å². The molecule has 1 atom stereocenters. The molecule has 0 aromatic rings.